The Kier molecular flexibility index (Phi) is 2.91. The van der Waals surface area contributed by atoms with Crippen molar-refractivity contribution < 1.29 is 0 Å². The topological polar surface area (TPSA) is 26.0 Å². The molecule has 2 N–H and O–H groups in total. The highest BCUT2D eigenvalue weighted by atomic mass is 79.9. The first kappa shape index (κ1) is 10.5. The maximum absolute atomic E-state index is 5.80. The van der Waals surface area contributed by atoms with Crippen molar-refractivity contribution in [2.45, 2.75) is 23.2 Å². The average molecular weight is 272 g/mol. The SMILES string of the molecule is CSc1ccc(C2(CN)CC2)cc1Br. The standard InChI is InChI=1S/C11H14BrNS/c1-14-10-3-2-8(6-9(10)12)11(7-13)4-5-11/h2-3,6H,4-5,7,13H2,1H3. The van der Waals surface area contributed by atoms with Gasteiger partial charge in [0, 0.05) is 21.3 Å². The number of rotatable bonds is 3. The van der Waals surface area contributed by atoms with Crippen LogP contribution in [0.5, 0.6) is 0 Å². The van der Waals surface area contributed by atoms with Crippen LogP contribution in [0.2, 0.25) is 0 Å². The summed E-state index contributed by atoms with van der Waals surface area (Å²) in [6.07, 6.45) is 4.58. The minimum absolute atomic E-state index is 0.305. The fraction of sp³-hybridized carbons (Fsp3) is 0.455. The molecule has 0 saturated heterocycles. The van der Waals surface area contributed by atoms with Crippen LogP contribution in [-0.2, 0) is 5.41 Å². The number of hydrogen-bond acceptors (Lipinski definition) is 2. The van der Waals surface area contributed by atoms with Crippen molar-refractivity contribution in [3.05, 3.63) is 28.2 Å². The van der Waals surface area contributed by atoms with E-state index in [9.17, 15) is 0 Å². The summed E-state index contributed by atoms with van der Waals surface area (Å²) < 4.78 is 1.20. The molecule has 0 aliphatic heterocycles. The normalized spacial score (nSPS) is 18.2. The molecule has 1 saturated carbocycles. The van der Waals surface area contributed by atoms with E-state index in [1.807, 2.05) is 0 Å². The van der Waals surface area contributed by atoms with Crippen LogP contribution < -0.4 is 5.73 Å². The molecule has 0 spiro atoms. The number of halogens is 1. The van der Waals surface area contributed by atoms with Crippen molar-refractivity contribution in [3.63, 3.8) is 0 Å². The molecular weight excluding hydrogens is 258 g/mol. The maximum atomic E-state index is 5.80. The van der Waals surface area contributed by atoms with Gasteiger partial charge in [0.05, 0.1) is 0 Å². The summed E-state index contributed by atoms with van der Waals surface area (Å²) in [6, 6.07) is 6.63. The molecule has 76 valence electrons. The van der Waals surface area contributed by atoms with E-state index in [1.54, 1.807) is 11.8 Å². The summed E-state index contributed by atoms with van der Waals surface area (Å²) in [5, 5.41) is 0. The monoisotopic (exact) mass is 271 g/mol. The highest BCUT2D eigenvalue weighted by molar-refractivity contribution is 9.10. The Labute approximate surface area is 97.6 Å². The third kappa shape index (κ3) is 1.73. The molecule has 1 aromatic rings. The lowest BCUT2D eigenvalue weighted by Gasteiger charge is -2.14. The molecular formula is C11H14BrNS. The Balaban J connectivity index is 2.33. The summed E-state index contributed by atoms with van der Waals surface area (Å²) in [6.45, 7) is 0.776. The minimum atomic E-state index is 0.305. The lowest BCUT2D eigenvalue weighted by molar-refractivity contribution is 0.703. The highest BCUT2D eigenvalue weighted by Gasteiger charge is 2.42. The molecule has 0 heterocycles. The molecule has 0 aromatic heterocycles. The molecule has 0 bridgehead atoms. The van der Waals surface area contributed by atoms with Gasteiger partial charge in [-0.05, 0) is 52.7 Å². The van der Waals surface area contributed by atoms with Crippen LogP contribution in [0, 0.1) is 0 Å². The van der Waals surface area contributed by atoms with Gasteiger partial charge in [-0.15, -0.1) is 11.8 Å². The highest BCUT2D eigenvalue weighted by Crippen LogP contribution is 2.48. The van der Waals surface area contributed by atoms with Gasteiger partial charge >= 0.3 is 0 Å². The molecule has 1 fully saturated rings. The van der Waals surface area contributed by atoms with E-state index in [0.29, 0.717) is 5.41 Å². The largest absolute Gasteiger partial charge is 0.330 e. The quantitative estimate of drug-likeness (QED) is 0.855. The minimum Gasteiger partial charge on any atom is -0.330 e. The molecule has 3 heteroatoms. The molecule has 0 atom stereocenters. The van der Waals surface area contributed by atoms with Crippen LogP contribution in [-0.4, -0.2) is 12.8 Å². The van der Waals surface area contributed by atoms with Crippen molar-refractivity contribution in [2.24, 2.45) is 5.73 Å². The number of hydrogen-bond donors (Lipinski definition) is 1. The maximum Gasteiger partial charge on any atom is 0.0314 e. The van der Waals surface area contributed by atoms with Crippen LogP contribution in [0.15, 0.2) is 27.6 Å². The van der Waals surface area contributed by atoms with E-state index in [2.05, 4.69) is 40.4 Å². The van der Waals surface area contributed by atoms with Crippen LogP contribution in [0.25, 0.3) is 0 Å². The fourth-order valence-electron chi connectivity index (χ4n) is 1.76. The molecule has 1 aliphatic carbocycles. The first-order valence-electron chi connectivity index (χ1n) is 4.76. The van der Waals surface area contributed by atoms with Crippen molar-refractivity contribution in [1.82, 2.24) is 0 Å². The molecule has 1 aromatic carbocycles. The van der Waals surface area contributed by atoms with Crippen LogP contribution in [0.1, 0.15) is 18.4 Å². The lowest BCUT2D eigenvalue weighted by Crippen LogP contribution is -2.19. The molecule has 14 heavy (non-hydrogen) atoms. The van der Waals surface area contributed by atoms with E-state index in [1.165, 1.54) is 27.8 Å². The van der Waals surface area contributed by atoms with Crippen molar-refractivity contribution >= 4 is 27.7 Å². The average Bonchev–Trinajstić information content (AvgIpc) is 2.98. The van der Waals surface area contributed by atoms with Crippen molar-refractivity contribution in [2.75, 3.05) is 12.8 Å². The Morgan fingerprint density at radius 1 is 1.50 bits per heavy atom. The zero-order valence-electron chi connectivity index (χ0n) is 8.22. The van der Waals surface area contributed by atoms with Gasteiger partial charge in [0.2, 0.25) is 0 Å². The predicted octanol–water partition coefficient (Wildman–Crippen LogP) is 3.16. The number of nitrogens with two attached hydrogens (primary N) is 1. The lowest BCUT2D eigenvalue weighted by atomic mass is 9.96. The van der Waals surface area contributed by atoms with Gasteiger partial charge in [-0.25, -0.2) is 0 Å². The summed E-state index contributed by atoms with van der Waals surface area (Å²) >= 11 is 5.36. The molecule has 1 aliphatic rings. The second kappa shape index (κ2) is 3.87. The zero-order chi connectivity index (χ0) is 10.2. The van der Waals surface area contributed by atoms with E-state index >= 15 is 0 Å². The zero-order valence-corrected chi connectivity index (χ0v) is 10.6. The second-order valence-corrected chi connectivity index (χ2v) is 5.54. The first-order chi connectivity index (χ1) is 6.72. The second-order valence-electron chi connectivity index (χ2n) is 3.83. The summed E-state index contributed by atoms with van der Waals surface area (Å²) in [7, 11) is 0. The fourth-order valence-corrected chi connectivity index (χ4v) is 3.08. The van der Waals surface area contributed by atoms with E-state index in [4.69, 9.17) is 5.73 Å². The Hall–Kier alpha value is 0.01000. The van der Waals surface area contributed by atoms with Gasteiger partial charge < -0.3 is 5.73 Å². The number of benzene rings is 1. The summed E-state index contributed by atoms with van der Waals surface area (Å²) in [4.78, 5) is 1.29. The predicted molar refractivity (Wildman–Crippen MR) is 65.9 cm³/mol. The van der Waals surface area contributed by atoms with Gasteiger partial charge in [0.15, 0.2) is 0 Å². The van der Waals surface area contributed by atoms with E-state index < -0.39 is 0 Å². The molecule has 0 amide bonds. The van der Waals surface area contributed by atoms with Gasteiger partial charge in [-0.2, -0.15) is 0 Å². The molecule has 0 radical (unpaired) electrons. The summed E-state index contributed by atoms with van der Waals surface area (Å²) in [5.74, 6) is 0. The van der Waals surface area contributed by atoms with Crippen LogP contribution in [0.3, 0.4) is 0 Å². The van der Waals surface area contributed by atoms with Gasteiger partial charge in [-0.3, -0.25) is 0 Å². The number of thioether (sulfide) groups is 1. The van der Waals surface area contributed by atoms with Gasteiger partial charge in [0.25, 0.3) is 0 Å². The van der Waals surface area contributed by atoms with Gasteiger partial charge in [0.1, 0.15) is 0 Å². The van der Waals surface area contributed by atoms with Crippen molar-refractivity contribution in [1.29, 1.82) is 0 Å². The van der Waals surface area contributed by atoms with Crippen LogP contribution >= 0.6 is 27.7 Å². The smallest absolute Gasteiger partial charge is 0.0314 e. The van der Waals surface area contributed by atoms with Gasteiger partial charge in [-0.1, -0.05) is 6.07 Å². The molecule has 0 unspecified atom stereocenters. The molecule has 2 rings (SSSR count). The van der Waals surface area contributed by atoms with Crippen LogP contribution in [0.4, 0.5) is 0 Å². The third-order valence-corrected chi connectivity index (χ3v) is 4.72. The van der Waals surface area contributed by atoms with E-state index in [0.717, 1.165) is 6.54 Å². The Morgan fingerprint density at radius 2 is 2.21 bits per heavy atom. The first-order valence-corrected chi connectivity index (χ1v) is 6.78. The van der Waals surface area contributed by atoms with E-state index in [-0.39, 0.29) is 0 Å². The Morgan fingerprint density at radius 3 is 2.64 bits per heavy atom. The molecule has 1 nitrogen and oxygen atoms in total. The third-order valence-electron chi connectivity index (χ3n) is 3.01. The summed E-state index contributed by atoms with van der Waals surface area (Å²) in [5.41, 5.74) is 7.50. The van der Waals surface area contributed by atoms with Crippen molar-refractivity contribution in [3.8, 4) is 0 Å². The Bertz CT molecular complexity index is 347.